The van der Waals surface area contributed by atoms with Crippen LogP contribution in [0.15, 0.2) is 30.5 Å². The van der Waals surface area contributed by atoms with Crippen LogP contribution in [0.2, 0.25) is 5.02 Å². The molecule has 3 heterocycles. The Balaban J connectivity index is 1.76. The van der Waals surface area contributed by atoms with E-state index in [1.165, 1.54) is 13.2 Å². The molecule has 0 spiro atoms. The van der Waals surface area contributed by atoms with Gasteiger partial charge in [0, 0.05) is 24.5 Å². The van der Waals surface area contributed by atoms with Gasteiger partial charge in [0.1, 0.15) is 11.0 Å². The number of carbonyl (C=O) groups is 1. The predicted octanol–water partition coefficient (Wildman–Crippen LogP) is 2.68. The van der Waals surface area contributed by atoms with Crippen LogP contribution in [0.5, 0.6) is 5.75 Å². The number of guanidine groups is 1. The van der Waals surface area contributed by atoms with Crippen molar-refractivity contribution in [1.82, 2.24) is 14.6 Å². The van der Waals surface area contributed by atoms with E-state index in [4.69, 9.17) is 21.7 Å². The fourth-order valence-corrected chi connectivity index (χ4v) is 6.13. The lowest BCUT2D eigenvalue weighted by atomic mass is 9.84. The fourth-order valence-electron chi connectivity index (χ4n) is 4.06. The monoisotopic (exact) mass is 481 g/mol. The molecule has 3 N–H and O–H groups in total. The van der Waals surface area contributed by atoms with Gasteiger partial charge in [-0.3, -0.25) is 10.2 Å². The van der Waals surface area contributed by atoms with Crippen LogP contribution >= 0.6 is 11.6 Å². The number of hydrogen-bond acceptors (Lipinski definition) is 6. The lowest BCUT2D eigenvalue weighted by Crippen LogP contribution is -2.66. The second kappa shape index (κ2) is 7.89. The second-order valence-electron chi connectivity index (χ2n) is 7.82. The third-order valence-corrected chi connectivity index (χ3v) is 8.35. The van der Waals surface area contributed by atoms with E-state index in [0.29, 0.717) is 36.4 Å². The minimum atomic E-state index is -3.81. The smallest absolute Gasteiger partial charge is 0.277 e. The van der Waals surface area contributed by atoms with Gasteiger partial charge in [-0.2, -0.15) is 0 Å². The van der Waals surface area contributed by atoms with Crippen molar-refractivity contribution in [2.75, 3.05) is 19.0 Å². The summed E-state index contributed by atoms with van der Waals surface area (Å²) in [6.45, 7) is 2.01. The standard InChI is InChI=1S/C20H21ClFN5O4S/c1-20-13-9-12(25-18(28)17-14(22)8-11(21)10-24-17)5-6-15(13)31-7-3-4-16(20)32(29,30)27(2)19(23)26-20/h5-6,8-10,16H,3-4,7H2,1-2H3,(H2,23,26)(H,25,28)/t16-,20+/m0/s1. The number of anilines is 1. The third kappa shape index (κ3) is 3.65. The molecule has 2 aromatic rings. The van der Waals surface area contributed by atoms with Crippen molar-refractivity contribution in [3.8, 4) is 5.75 Å². The zero-order valence-electron chi connectivity index (χ0n) is 17.3. The molecule has 0 bridgehead atoms. The predicted molar refractivity (Wildman–Crippen MR) is 117 cm³/mol. The Morgan fingerprint density at radius 2 is 2.19 bits per heavy atom. The molecule has 1 saturated heterocycles. The first-order chi connectivity index (χ1) is 15.0. The van der Waals surface area contributed by atoms with Crippen molar-refractivity contribution in [2.45, 2.75) is 30.6 Å². The van der Waals surface area contributed by atoms with Gasteiger partial charge in [0.15, 0.2) is 11.5 Å². The van der Waals surface area contributed by atoms with Gasteiger partial charge in [-0.25, -0.2) is 22.1 Å². The Bertz CT molecular complexity index is 1220. The molecule has 4 rings (SSSR count). The van der Waals surface area contributed by atoms with Crippen molar-refractivity contribution in [2.24, 2.45) is 0 Å². The van der Waals surface area contributed by atoms with Gasteiger partial charge in [-0.05, 0) is 44.0 Å². The average Bonchev–Trinajstić information content (AvgIpc) is 2.71. The maximum atomic E-state index is 14.1. The number of benzene rings is 1. The zero-order valence-corrected chi connectivity index (χ0v) is 18.8. The molecule has 0 radical (unpaired) electrons. The van der Waals surface area contributed by atoms with Gasteiger partial charge in [0.2, 0.25) is 16.0 Å². The minimum Gasteiger partial charge on any atom is -0.493 e. The van der Waals surface area contributed by atoms with Crippen molar-refractivity contribution in [1.29, 1.82) is 5.41 Å². The number of sulfonamides is 1. The number of ether oxygens (including phenoxy) is 1. The maximum absolute atomic E-state index is 14.1. The summed E-state index contributed by atoms with van der Waals surface area (Å²) in [5.41, 5.74) is -0.865. The molecular weight excluding hydrogens is 461 g/mol. The first-order valence-electron chi connectivity index (χ1n) is 9.78. The Kier molecular flexibility index (Phi) is 5.49. The number of pyridine rings is 1. The van der Waals surface area contributed by atoms with E-state index >= 15 is 0 Å². The summed E-state index contributed by atoms with van der Waals surface area (Å²) in [4.78, 5) is 16.3. The van der Waals surface area contributed by atoms with E-state index in [1.807, 2.05) is 0 Å². The van der Waals surface area contributed by atoms with Crippen LogP contribution in [0.3, 0.4) is 0 Å². The number of nitrogens with zero attached hydrogens (tertiary/aromatic N) is 2. The molecule has 1 fully saturated rings. The van der Waals surface area contributed by atoms with Crippen molar-refractivity contribution < 1.29 is 22.3 Å². The van der Waals surface area contributed by atoms with E-state index in [-0.39, 0.29) is 11.0 Å². The highest BCUT2D eigenvalue weighted by molar-refractivity contribution is 7.90. The number of carbonyl (C=O) groups excluding carboxylic acids is 1. The molecule has 0 unspecified atom stereocenters. The first kappa shape index (κ1) is 22.3. The van der Waals surface area contributed by atoms with Crippen molar-refractivity contribution >= 4 is 39.2 Å². The molecule has 1 aromatic heterocycles. The molecule has 12 heteroatoms. The molecule has 9 nitrogen and oxygen atoms in total. The van der Waals surface area contributed by atoms with Gasteiger partial charge < -0.3 is 15.4 Å². The molecular formula is C20H21ClFN5O4S. The number of rotatable bonds is 2. The number of hydrogen-bond donors (Lipinski definition) is 3. The Hall–Kier alpha value is -2.92. The van der Waals surface area contributed by atoms with Crippen LogP contribution in [0.1, 0.15) is 35.8 Å². The number of halogens is 2. The molecule has 170 valence electrons. The molecule has 2 atom stereocenters. The summed E-state index contributed by atoms with van der Waals surface area (Å²) in [6, 6.07) is 5.74. The molecule has 2 aliphatic rings. The first-order valence-corrected chi connectivity index (χ1v) is 11.7. The van der Waals surface area contributed by atoms with Crippen LogP contribution in [0.4, 0.5) is 10.1 Å². The van der Waals surface area contributed by atoms with Crippen LogP contribution in [-0.4, -0.2) is 48.5 Å². The summed E-state index contributed by atoms with van der Waals surface area (Å²) in [5.74, 6) is -1.49. The quantitative estimate of drug-likeness (QED) is 0.605. The van der Waals surface area contributed by atoms with Gasteiger partial charge in [-0.1, -0.05) is 11.6 Å². The number of fused-ring (bicyclic) bond motifs is 3. The number of nitrogens with one attached hydrogen (secondary N) is 3. The van der Waals surface area contributed by atoms with Crippen LogP contribution in [0.25, 0.3) is 0 Å². The van der Waals surface area contributed by atoms with Crippen LogP contribution in [-0.2, 0) is 15.6 Å². The van der Waals surface area contributed by atoms with Gasteiger partial charge in [0.05, 0.1) is 17.2 Å². The molecule has 1 aromatic carbocycles. The fraction of sp³-hybridized carbons (Fsp3) is 0.350. The zero-order chi connectivity index (χ0) is 23.3. The third-order valence-electron chi connectivity index (χ3n) is 5.77. The van der Waals surface area contributed by atoms with E-state index < -0.39 is 38.2 Å². The summed E-state index contributed by atoms with van der Waals surface area (Å²) in [5, 5.41) is 12.9. The maximum Gasteiger partial charge on any atom is 0.277 e. The van der Waals surface area contributed by atoms with Crippen LogP contribution < -0.4 is 15.4 Å². The van der Waals surface area contributed by atoms with Crippen molar-refractivity contribution in [3.05, 3.63) is 52.6 Å². The molecule has 1 amide bonds. The van der Waals surface area contributed by atoms with E-state index in [2.05, 4.69) is 15.6 Å². The summed E-state index contributed by atoms with van der Waals surface area (Å²) < 4.78 is 47.1. The number of amides is 1. The highest BCUT2D eigenvalue weighted by atomic mass is 35.5. The van der Waals surface area contributed by atoms with Gasteiger partial charge >= 0.3 is 0 Å². The van der Waals surface area contributed by atoms with E-state index in [1.54, 1.807) is 25.1 Å². The Morgan fingerprint density at radius 3 is 2.91 bits per heavy atom. The molecule has 0 saturated carbocycles. The minimum absolute atomic E-state index is 0.0632. The van der Waals surface area contributed by atoms with Gasteiger partial charge in [-0.15, -0.1) is 0 Å². The van der Waals surface area contributed by atoms with E-state index in [0.717, 1.165) is 10.4 Å². The van der Waals surface area contributed by atoms with Crippen LogP contribution in [0, 0.1) is 11.2 Å². The molecule has 0 aliphatic carbocycles. The topological polar surface area (TPSA) is 124 Å². The van der Waals surface area contributed by atoms with Crippen molar-refractivity contribution in [3.63, 3.8) is 0 Å². The average molecular weight is 482 g/mol. The summed E-state index contributed by atoms with van der Waals surface area (Å²) in [6.07, 6.45) is 2.00. The van der Waals surface area contributed by atoms with Gasteiger partial charge in [0.25, 0.3) is 5.91 Å². The molecule has 2 aliphatic heterocycles. The lowest BCUT2D eigenvalue weighted by Gasteiger charge is -2.47. The Morgan fingerprint density at radius 1 is 1.44 bits per heavy atom. The largest absolute Gasteiger partial charge is 0.493 e. The summed E-state index contributed by atoms with van der Waals surface area (Å²) in [7, 11) is -2.47. The van der Waals surface area contributed by atoms with E-state index in [9.17, 15) is 17.6 Å². The lowest BCUT2D eigenvalue weighted by molar-refractivity contribution is 0.101. The summed E-state index contributed by atoms with van der Waals surface area (Å²) >= 11 is 5.69. The Labute approximate surface area is 189 Å². The highest BCUT2D eigenvalue weighted by Gasteiger charge is 2.52. The number of aromatic nitrogens is 1. The second-order valence-corrected chi connectivity index (χ2v) is 10.4. The highest BCUT2D eigenvalue weighted by Crippen LogP contribution is 2.43. The molecule has 32 heavy (non-hydrogen) atoms. The normalized spacial score (nSPS) is 24.2. The SMILES string of the molecule is CN1C(=N)N[C@]2(C)c3cc(NC(=O)c4ncc(Cl)cc4F)ccc3OCCC[C@@H]2S1(=O)=O.